The van der Waals surface area contributed by atoms with Crippen LogP contribution in [-0.4, -0.2) is 20.8 Å². The van der Waals surface area contributed by atoms with E-state index in [4.69, 9.17) is 12.2 Å². The van der Waals surface area contributed by atoms with Crippen molar-refractivity contribution in [3.63, 3.8) is 0 Å². The molecule has 0 radical (unpaired) electrons. The molecule has 104 valence electrons. The van der Waals surface area contributed by atoms with E-state index < -0.39 is 0 Å². The molecule has 20 heavy (non-hydrogen) atoms. The van der Waals surface area contributed by atoms with E-state index in [0.717, 1.165) is 10.4 Å². The van der Waals surface area contributed by atoms with E-state index in [-0.39, 0.29) is 5.78 Å². The van der Waals surface area contributed by atoms with Gasteiger partial charge in [0.05, 0.1) is 4.88 Å². The average Bonchev–Trinajstić information content (AvgIpc) is 3.00. The Bertz CT molecular complexity index is 555. The number of pyridine rings is 1. The van der Waals surface area contributed by atoms with Crippen LogP contribution in [-0.2, 0) is 6.54 Å². The number of thioether (sulfide) groups is 1. The third kappa shape index (κ3) is 5.03. The zero-order valence-electron chi connectivity index (χ0n) is 10.7. The van der Waals surface area contributed by atoms with E-state index in [1.54, 1.807) is 12.4 Å². The van der Waals surface area contributed by atoms with Gasteiger partial charge in [-0.3, -0.25) is 9.78 Å². The predicted octanol–water partition coefficient (Wildman–Crippen LogP) is 3.52. The topological polar surface area (TPSA) is 42.0 Å². The average molecular weight is 322 g/mol. The standard InChI is InChI=1S/C14H14N2OS3/c17-12(13-4-2-7-19-13)5-8-20-14(18)16-10-11-3-1-6-15-9-11/h1-4,6-7,9H,5,8,10H2,(H,16,18). The largest absolute Gasteiger partial charge is 0.367 e. The van der Waals surface area contributed by atoms with Gasteiger partial charge >= 0.3 is 0 Å². The van der Waals surface area contributed by atoms with Gasteiger partial charge in [0.25, 0.3) is 0 Å². The molecule has 2 heterocycles. The monoisotopic (exact) mass is 322 g/mol. The molecule has 0 amide bonds. The maximum Gasteiger partial charge on any atom is 0.173 e. The van der Waals surface area contributed by atoms with Crippen molar-refractivity contribution < 1.29 is 4.79 Å². The number of carbonyl (C=O) groups excluding carboxylic acids is 1. The van der Waals surface area contributed by atoms with Crippen molar-refractivity contribution in [3.8, 4) is 0 Å². The molecule has 0 unspecified atom stereocenters. The van der Waals surface area contributed by atoms with Crippen molar-refractivity contribution in [3.05, 3.63) is 52.5 Å². The SMILES string of the molecule is O=C(CCSC(=S)NCc1cccnc1)c1cccs1. The van der Waals surface area contributed by atoms with Crippen LogP contribution in [0, 0.1) is 0 Å². The number of thiophene rings is 1. The van der Waals surface area contributed by atoms with Gasteiger partial charge in [0.2, 0.25) is 0 Å². The van der Waals surface area contributed by atoms with Crippen LogP contribution in [0.2, 0.25) is 0 Å². The lowest BCUT2D eigenvalue weighted by Gasteiger charge is -2.06. The highest BCUT2D eigenvalue weighted by Gasteiger charge is 2.07. The fraction of sp³-hybridized carbons (Fsp3) is 0.214. The fourth-order valence-corrected chi connectivity index (χ4v) is 3.19. The Morgan fingerprint density at radius 1 is 1.40 bits per heavy atom. The first kappa shape index (κ1) is 15.2. The van der Waals surface area contributed by atoms with E-state index in [1.807, 2.05) is 29.6 Å². The molecular formula is C14H14N2OS3. The van der Waals surface area contributed by atoms with Crippen LogP contribution in [0.25, 0.3) is 0 Å². The molecule has 3 nitrogen and oxygen atoms in total. The molecule has 0 aliphatic rings. The Hall–Kier alpha value is -1.24. The lowest BCUT2D eigenvalue weighted by Crippen LogP contribution is -2.18. The molecule has 2 aromatic rings. The van der Waals surface area contributed by atoms with Gasteiger partial charge in [0, 0.05) is 31.1 Å². The molecule has 0 saturated carbocycles. The minimum atomic E-state index is 0.183. The first-order valence-electron chi connectivity index (χ1n) is 6.12. The van der Waals surface area contributed by atoms with E-state index in [0.29, 0.717) is 23.0 Å². The zero-order valence-corrected chi connectivity index (χ0v) is 13.2. The molecule has 0 atom stereocenters. The van der Waals surface area contributed by atoms with Crippen molar-refractivity contribution in [1.82, 2.24) is 10.3 Å². The number of thiocarbonyl (C=S) groups is 1. The molecule has 0 fully saturated rings. The second kappa shape index (κ2) is 8.14. The summed E-state index contributed by atoms with van der Waals surface area (Å²) in [6, 6.07) is 7.64. The van der Waals surface area contributed by atoms with Crippen LogP contribution in [0.5, 0.6) is 0 Å². The van der Waals surface area contributed by atoms with Crippen LogP contribution in [0.15, 0.2) is 42.0 Å². The number of hydrogen-bond acceptors (Lipinski definition) is 5. The molecule has 0 aromatic carbocycles. The number of hydrogen-bond donors (Lipinski definition) is 1. The van der Waals surface area contributed by atoms with E-state index in [1.165, 1.54) is 23.1 Å². The van der Waals surface area contributed by atoms with Gasteiger partial charge in [0.15, 0.2) is 5.78 Å². The Labute approximate surface area is 131 Å². The smallest absolute Gasteiger partial charge is 0.173 e. The van der Waals surface area contributed by atoms with Gasteiger partial charge in [-0.1, -0.05) is 36.1 Å². The van der Waals surface area contributed by atoms with E-state index in [2.05, 4.69) is 10.3 Å². The number of carbonyl (C=O) groups is 1. The van der Waals surface area contributed by atoms with Gasteiger partial charge < -0.3 is 5.32 Å². The summed E-state index contributed by atoms with van der Waals surface area (Å²) in [5.41, 5.74) is 1.09. The third-order valence-corrected chi connectivity index (χ3v) is 4.74. The van der Waals surface area contributed by atoms with E-state index in [9.17, 15) is 4.79 Å². The molecule has 1 N–H and O–H groups in total. The number of nitrogens with zero attached hydrogens (tertiary/aromatic N) is 1. The quantitative estimate of drug-likeness (QED) is 0.651. The summed E-state index contributed by atoms with van der Waals surface area (Å²) < 4.78 is 0.716. The Morgan fingerprint density at radius 3 is 3.00 bits per heavy atom. The lowest BCUT2D eigenvalue weighted by molar-refractivity contribution is 0.0993. The summed E-state index contributed by atoms with van der Waals surface area (Å²) in [5.74, 6) is 0.887. The number of nitrogens with one attached hydrogen (secondary N) is 1. The van der Waals surface area contributed by atoms with Crippen molar-refractivity contribution in [2.24, 2.45) is 0 Å². The van der Waals surface area contributed by atoms with Gasteiger partial charge in [-0.05, 0) is 23.1 Å². The molecule has 0 bridgehead atoms. The second-order valence-corrected chi connectivity index (χ2v) is 6.72. The van der Waals surface area contributed by atoms with E-state index >= 15 is 0 Å². The first-order chi connectivity index (χ1) is 9.75. The van der Waals surface area contributed by atoms with Crippen LogP contribution in [0.3, 0.4) is 0 Å². The second-order valence-electron chi connectivity index (χ2n) is 4.00. The fourth-order valence-electron chi connectivity index (χ4n) is 1.52. The number of ketones is 1. The molecule has 0 spiro atoms. The lowest BCUT2D eigenvalue weighted by atomic mass is 10.3. The summed E-state index contributed by atoms with van der Waals surface area (Å²) in [4.78, 5) is 16.7. The molecule has 0 aliphatic carbocycles. The summed E-state index contributed by atoms with van der Waals surface area (Å²) in [5, 5.41) is 5.07. The highest BCUT2D eigenvalue weighted by molar-refractivity contribution is 8.22. The summed E-state index contributed by atoms with van der Waals surface area (Å²) in [6.07, 6.45) is 4.06. The van der Waals surface area contributed by atoms with Gasteiger partial charge in [-0.2, -0.15) is 0 Å². The Morgan fingerprint density at radius 2 is 2.30 bits per heavy atom. The number of rotatable bonds is 6. The van der Waals surface area contributed by atoms with Crippen LogP contribution in [0.1, 0.15) is 21.7 Å². The highest BCUT2D eigenvalue weighted by Crippen LogP contribution is 2.14. The molecule has 0 aliphatic heterocycles. The van der Waals surface area contributed by atoms with Crippen molar-refractivity contribution in [1.29, 1.82) is 0 Å². The third-order valence-electron chi connectivity index (χ3n) is 2.52. The summed E-state index contributed by atoms with van der Waals surface area (Å²) in [7, 11) is 0. The Kier molecular flexibility index (Phi) is 6.17. The maximum absolute atomic E-state index is 11.8. The molecule has 0 saturated heterocycles. The number of aromatic nitrogens is 1. The van der Waals surface area contributed by atoms with Crippen molar-refractivity contribution in [2.75, 3.05) is 5.75 Å². The molecule has 2 rings (SSSR count). The van der Waals surface area contributed by atoms with Crippen LogP contribution < -0.4 is 5.32 Å². The zero-order chi connectivity index (χ0) is 14.2. The summed E-state index contributed by atoms with van der Waals surface area (Å²) in [6.45, 7) is 0.665. The van der Waals surface area contributed by atoms with Crippen LogP contribution in [0.4, 0.5) is 0 Å². The molecular weight excluding hydrogens is 308 g/mol. The first-order valence-corrected chi connectivity index (χ1v) is 8.39. The summed E-state index contributed by atoms with van der Waals surface area (Å²) >= 11 is 8.22. The van der Waals surface area contributed by atoms with Gasteiger partial charge in [0.1, 0.15) is 4.32 Å². The molecule has 2 aromatic heterocycles. The predicted molar refractivity (Wildman–Crippen MR) is 89.4 cm³/mol. The van der Waals surface area contributed by atoms with Gasteiger partial charge in [-0.25, -0.2) is 0 Å². The maximum atomic E-state index is 11.8. The highest BCUT2D eigenvalue weighted by atomic mass is 32.2. The number of Topliss-reactive ketones (excluding diaryl/α,β-unsaturated/α-hetero) is 1. The van der Waals surface area contributed by atoms with Crippen molar-refractivity contribution >= 4 is 45.4 Å². The van der Waals surface area contributed by atoms with Crippen molar-refractivity contribution in [2.45, 2.75) is 13.0 Å². The van der Waals surface area contributed by atoms with Crippen LogP contribution >= 0.6 is 35.3 Å². The minimum absolute atomic E-state index is 0.183. The van der Waals surface area contributed by atoms with Gasteiger partial charge in [-0.15, -0.1) is 11.3 Å². The normalized spacial score (nSPS) is 10.2. The molecule has 6 heteroatoms. The minimum Gasteiger partial charge on any atom is -0.367 e. The Balaban J connectivity index is 1.64.